The van der Waals surface area contributed by atoms with Gasteiger partial charge < -0.3 is 20.9 Å². The Morgan fingerprint density at radius 3 is 2.71 bits per heavy atom. The van der Waals surface area contributed by atoms with Crippen LogP contribution in [0.2, 0.25) is 0 Å². The molecule has 2 saturated heterocycles. The molecule has 2 aromatic heterocycles. The van der Waals surface area contributed by atoms with Gasteiger partial charge in [-0.3, -0.25) is 4.79 Å². The molecule has 4 heterocycles. The number of nitrogens with one attached hydrogen (secondary N) is 3. The van der Waals surface area contributed by atoms with Gasteiger partial charge in [-0.15, -0.1) is 11.8 Å². The van der Waals surface area contributed by atoms with Crippen molar-refractivity contribution in [3.05, 3.63) is 36.2 Å². The fourth-order valence-electron chi connectivity index (χ4n) is 3.92. The summed E-state index contributed by atoms with van der Waals surface area (Å²) in [4.78, 5) is 29.0. The van der Waals surface area contributed by atoms with E-state index in [1.54, 1.807) is 23.1 Å². The number of hydrogen-bond donors (Lipinski definition) is 3. The Hall–Kier alpha value is -2.43. The van der Waals surface area contributed by atoms with Gasteiger partial charge in [0.25, 0.3) is 5.91 Å². The van der Waals surface area contributed by atoms with Gasteiger partial charge in [-0.1, -0.05) is 11.3 Å². The number of nitrogens with zero attached hydrogens (tertiary/aromatic N) is 4. The largest absolute Gasteiger partial charge is 0.361 e. The molecular weight excluding hydrogens is 430 g/mol. The summed E-state index contributed by atoms with van der Waals surface area (Å²) in [6.45, 7) is 5.38. The van der Waals surface area contributed by atoms with Crippen LogP contribution in [-0.2, 0) is 0 Å². The van der Waals surface area contributed by atoms with E-state index in [1.807, 2.05) is 41.7 Å². The van der Waals surface area contributed by atoms with E-state index >= 15 is 0 Å². The molecule has 0 bridgehead atoms. The first kappa shape index (κ1) is 20.5. The van der Waals surface area contributed by atoms with E-state index in [2.05, 4.69) is 30.9 Å². The summed E-state index contributed by atoms with van der Waals surface area (Å²) in [6.07, 6.45) is 6.57. The third kappa shape index (κ3) is 4.32. The van der Waals surface area contributed by atoms with Crippen molar-refractivity contribution < 1.29 is 4.79 Å². The Morgan fingerprint density at radius 2 is 2.00 bits per heavy atom. The molecule has 31 heavy (non-hydrogen) atoms. The number of amides is 1. The molecule has 0 saturated carbocycles. The average Bonchev–Trinajstić information content (AvgIpc) is 3.13. The van der Waals surface area contributed by atoms with Gasteiger partial charge in [-0.25, -0.2) is 15.0 Å². The maximum absolute atomic E-state index is 12.8. The average molecular weight is 456 g/mol. The standard InChI is InChI=1S/C21H25N7OS2/c1-30-15-8-25-19(26-9-15)23-5-2-6-24-20-27-16-4-3-14(7-17(16)31-20)18(29)28-12-21(13-28)10-22-11-21/h3-4,7-9,22H,2,5-6,10-13H2,1H3,(H,24,27)(H,23,25,26). The molecule has 10 heteroatoms. The molecule has 0 atom stereocenters. The third-order valence-corrected chi connectivity index (χ3v) is 7.41. The Bertz CT molecular complexity index is 1070. The fraction of sp³-hybridized carbons (Fsp3) is 0.429. The lowest BCUT2D eigenvalue weighted by Crippen LogP contribution is -2.71. The molecule has 3 N–H and O–H groups in total. The van der Waals surface area contributed by atoms with E-state index in [4.69, 9.17) is 0 Å². The fourth-order valence-corrected chi connectivity index (χ4v) is 5.17. The van der Waals surface area contributed by atoms with Crippen molar-refractivity contribution in [2.45, 2.75) is 11.3 Å². The van der Waals surface area contributed by atoms with Gasteiger partial charge in [0.1, 0.15) is 0 Å². The first-order valence-corrected chi connectivity index (χ1v) is 12.4. The lowest BCUT2D eigenvalue weighted by molar-refractivity contribution is -0.0248. The number of benzene rings is 1. The van der Waals surface area contributed by atoms with Crippen LogP contribution < -0.4 is 16.0 Å². The lowest BCUT2D eigenvalue weighted by Gasteiger charge is -2.56. The van der Waals surface area contributed by atoms with Gasteiger partial charge in [-0.2, -0.15) is 0 Å². The van der Waals surface area contributed by atoms with E-state index in [9.17, 15) is 4.79 Å². The highest BCUT2D eigenvalue weighted by molar-refractivity contribution is 7.98. The highest BCUT2D eigenvalue weighted by Crippen LogP contribution is 2.35. The zero-order valence-electron chi connectivity index (χ0n) is 17.4. The molecule has 1 spiro atoms. The van der Waals surface area contributed by atoms with Gasteiger partial charge in [0, 0.05) is 67.5 Å². The Kier molecular flexibility index (Phi) is 5.68. The maximum Gasteiger partial charge on any atom is 0.253 e. The maximum atomic E-state index is 12.8. The van der Waals surface area contributed by atoms with Crippen molar-refractivity contribution in [1.82, 2.24) is 25.2 Å². The van der Waals surface area contributed by atoms with Crippen LogP contribution in [0.3, 0.4) is 0 Å². The van der Waals surface area contributed by atoms with Crippen LogP contribution in [0.5, 0.6) is 0 Å². The van der Waals surface area contributed by atoms with Gasteiger partial charge >= 0.3 is 0 Å². The summed E-state index contributed by atoms with van der Waals surface area (Å²) < 4.78 is 1.04. The van der Waals surface area contributed by atoms with E-state index in [0.717, 1.165) is 71.5 Å². The van der Waals surface area contributed by atoms with E-state index < -0.39 is 0 Å². The van der Waals surface area contributed by atoms with Gasteiger partial charge in [0.15, 0.2) is 5.13 Å². The minimum atomic E-state index is 0.126. The third-order valence-electron chi connectivity index (χ3n) is 5.75. The normalized spacial score (nSPS) is 16.7. The topological polar surface area (TPSA) is 95.1 Å². The van der Waals surface area contributed by atoms with Crippen molar-refractivity contribution in [1.29, 1.82) is 0 Å². The van der Waals surface area contributed by atoms with Crippen LogP contribution >= 0.6 is 23.1 Å². The molecule has 1 amide bonds. The molecule has 3 aromatic rings. The number of fused-ring (bicyclic) bond motifs is 1. The zero-order chi connectivity index (χ0) is 21.3. The zero-order valence-corrected chi connectivity index (χ0v) is 19.0. The second-order valence-electron chi connectivity index (χ2n) is 8.12. The van der Waals surface area contributed by atoms with Crippen molar-refractivity contribution >= 4 is 50.3 Å². The second-order valence-corrected chi connectivity index (χ2v) is 10.0. The summed E-state index contributed by atoms with van der Waals surface area (Å²) >= 11 is 3.22. The number of rotatable bonds is 8. The van der Waals surface area contributed by atoms with Gasteiger partial charge in [0.2, 0.25) is 5.95 Å². The summed E-state index contributed by atoms with van der Waals surface area (Å²) in [7, 11) is 0. The van der Waals surface area contributed by atoms with Crippen molar-refractivity contribution in [2.24, 2.45) is 5.41 Å². The first-order valence-electron chi connectivity index (χ1n) is 10.4. The molecule has 162 valence electrons. The minimum Gasteiger partial charge on any atom is -0.361 e. The van der Waals surface area contributed by atoms with Crippen LogP contribution in [0.15, 0.2) is 35.5 Å². The van der Waals surface area contributed by atoms with E-state index in [-0.39, 0.29) is 5.91 Å². The number of thiazole rings is 1. The number of anilines is 2. The molecule has 5 rings (SSSR count). The summed E-state index contributed by atoms with van der Waals surface area (Å²) in [5.41, 5.74) is 2.02. The molecular formula is C21H25N7OS2. The molecule has 0 radical (unpaired) electrons. The highest BCUT2D eigenvalue weighted by atomic mass is 32.2. The first-order chi connectivity index (χ1) is 15.1. The second kappa shape index (κ2) is 8.60. The monoisotopic (exact) mass is 455 g/mol. The number of thioether (sulfide) groups is 1. The van der Waals surface area contributed by atoms with Crippen LogP contribution in [-0.4, -0.2) is 71.3 Å². The summed E-state index contributed by atoms with van der Waals surface area (Å²) in [6, 6.07) is 5.81. The number of aromatic nitrogens is 3. The summed E-state index contributed by atoms with van der Waals surface area (Å²) in [5, 5.41) is 10.8. The van der Waals surface area contributed by atoms with Crippen molar-refractivity contribution in [3.63, 3.8) is 0 Å². The van der Waals surface area contributed by atoms with Crippen LogP contribution in [0.25, 0.3) is 10.2 Å². The molecule has 1 aromatic carbocycles. The van der Waals surface area contributed by atoms with E-state index in [0.29, 0.717) is 11.4 Å². The van der Waals surface area contributed by atoms with Crippen molar-refractivity contribution in [3.8, 4) is 0 Å². The Morgan fingerprint density at radius 1 is 1.23 bits per heavy atom. The molecule has 0 aliphatic carbocycles. The molecule has 2 aliphatic heterocycles. The predicted octanol–water partition coefficient (Wildman–Crippen LogP) is 2.77. The highest BCUT2D eigenvalue weighted by Gasteiger charge is 2.49. The number of carbonyl (C=O) groups excluding carboxylic acids is 1. The molecule has 2 fully saturated rings. The lowest BCUT2D eigenvalue weighted by atomic mass is 9.74. The Balaban J connectivity index is 1.11. The summed E-state index contributed by atoms with van der Waals surface area (Å²) in [5.74, 6) is 0.776. The van der Waals surface area contributed by atoms with E-state index in [1.165, 1.54) is 0 Å². The number of carbonyl (C=O) groups is 1. The number of likely N-dealkylation sites (tertiary alicyclic amines) is 1. The van der Waals surface area contributed by atoms with Crippen LogP contribution in [0, 0.1) is 5.41 Å². The quantitative estimate of drug-likeness (QED) is 0.353. The minimum absolute atomic E-state index is 0.126. The SMILES string of the molecule is CSc1cnc(NCCCNc2nc3ccc(C(=O)N4CC5(CNC5)C4)cc3s2)nc1. The number of hydrogen-bond acceptors (Lipinski definition) is 9. The van der Waals surface area contributed by atoms with Crippen LogP contribution in [0.1, 0.15) is 16.8 Å². The van der Waals surface area contributed by atoms with Crippen molar-refractivity contribution in [2.75, 3.05) is 56.2 Å². The molecule has 0 unspecified atom stereocenters. The molecule has 8 nitrogen and oxygen atoms in total. The van der Waals surface area contributed by atoms with Gasteiger partial charge in [-0.05, 0) is 30.9 Å². The van der Waals surface area contributed by atoms with Crippen LogP contribution in [0.4, 0.5) is 11.1 Å². The predicted molar refractivity (Wildman–Crippen MR) is 126 cm³/mol. The smallest absolute Gasteiger partial charge is 0.253 e. The van der Waals surface area contributed by atoms with Gasteiger partial charge in [0.05, 0.1) is 10.2 Å². The molecule has 2 aliphatic rings. The Labute approximate surface area is 189 Å².